The molecule has 0 saturated heterocycles. The van der Waals surface area contributed by atoms with Gasteiger partial charge >= 0.3 is 6.47 Å². The maximum absolute atomic E-state index is 9.26. The van der Waals surface area contributed by atoms with E-state index in [0.717, 1.165) is 0 Å². The minimum Gasteiger partial charge on any atom is -0.453 e. The van der Waals surface area contributed by atoms with Crippen LogP contribution in [0.5, 0.6) is 0 Å². The van der Waals surface area contributed by atoms with E-state index >= 15 is 0 Å². The lowest BCUT2D eigenvalue weighted by Gasteiger charge is -1.81. The summed E-state index contributed by atoms with van der Waals surface area (Å²) in [5, 5.41) is 0. The Bertz CT molecular complexity index is 70.1. The number of rotatable bonds is 3. The molecule has 0 aliphatic heterocycles. The zero-order valence-electron chi connectivity index (χ0n) is 3.56. The van der Waals surface area contributed by atoms with Crippen LogP contribution in [0.2, 0.25) is 0 Å². The van der Waals surface area contributed by atoms with E-state index in [1.54, 1.807) is 0 Å². The van der Waals surface area contributed by atoms with Gasteiger partial charge in [0.2, 0.25) is 0 Å². The fourth-order valence-corrected chi connectivity index (χ4v) is 0.191. The minimum absolute atomic E-state index is 0.201. The second kappa shape index (κ2) is 5.50. The summed E-state index contributed by atoms with van der Waals surface area (Å²) in [6, 6.07) is 0. The summed E-state index contributed by atoms with van der Waals surface area (Å²) in [5.41, 5.74) is 1.28. The molecule has 0 aliphatic rings. The fourth-order valence-electron chi connectivity index (χ4n) is 0.119. The molecular formula is C4H4ClO2. The van der Waals surface area contributed by atoms with Gasteiger partial charge in [0.1, 0.15) is 6.61 Å². The van der Waals surface area contributed by atoms with E-state index in [9.17, 15) is 4.79 Å². The van der Waals surface area contributed by atoms with Crippen molar-refractivity contribution in [2.75, 3.05) is 6.61 Å². The van der Waals surface area contributed by atoms with Gasteiger partial charge in [-0.25, -0.2) is 4.79 Å². The second-order valence-corrected chi connectivity index (χ2v) is 1.01. The zero-order valence-corrected chi connectivity index (χ0v) is 4.31. The Labute approximate surface area is 46.7 Å². The van der Waals surface area contributed by atoms with Crippen LogP contribution in [0.25, 0.3) is 0 Å². The zero-order chi connectivity index (χ0) is 5.54. The predicted octanol–water partition coefficient (Wildman–Crippen LogP) is 0.823. The molecule has 39 valence electrons. The molecule has 0 heterocycles. The van der Waals surface area contributed by atoms with Gasteiger partial charge in [-0.15, -0.1) is 0 Å². The molecule has 0 spiro atoms. The molecule has 0 rings (SSSR count). The van der Waals surface area contributed by atoms with Gasteiger partial charge in [0, 0.05) is 5.54 Å². The molecule has 0 N–H and O–H groups in total. The summed E-state index contributed by atoms with van der Waals surface area (Å²) in [4.78, 5) is 9.26. The molecule has 0 aromatic carbocycles. The topological polar surface area (TPSA) is 26.3 Å². The van der Waals surface area contributed by atoms with Crippen LogP contribution in [0.1, 0.15) is 0 Å². The lowest BCUT2D eigenvalue weighted by atomic mass is 10.7. The van der Waals surface area contributed by atoms with Crippen LogP contribution in [0.15, 0.2) is 11.6 Å². The van der Waals surface area contributed by atoms with Crippen molar-refractivity contribution < 1.29 is 9.53 Å². The Hall–Kier alpha value is -0.500. The first kappa shape index (κ1) is 6.50. The first-order valence-corrected chi connectivity index (χ1v) is 2.09. The highest BCUT2D eigenvalue weighted by molar-refractivity contribution is 6.25. The van der Waals surface area contributed by atoms with E-state index in [1.807, 2.05) is 0 Å². The Balaban J connectivity index is 2.82. The van der Waals surface area contributed by atoms with Crippen molar-refractivity contribution in [3.63, 3.8) is 0 Å². The van der Waals surface area contributed by atoms with E-state index < -0.39 is 0 Å². The Kier molecular flexibility index (Phi) is 5.11. The van der Waals surface area contributed by atoms with Crippen molar-refractivity contribution in [2.24, 2.45) is 0 Å². The third kappa shape index (κ3) is 5.50. The molecule has 0 atom stereocenters. The van der Waals surface area contributed by atoms with E-state index in [4.69, 9.17) is 11.6 Å². The van der Waals surface area contributed by atoms with E-state index in [0.29, 0.717) is 0 Å². The van der Waals surface area contributed by atoms with Gasteiger partial charge in [-0.2, -0.15) is 0 Å². The van der Waals surface area contributed by atoms with Crippen molar-refractivity contribution in [3.05, 3.63) is 11.6 Å². The van der Waals surface area contributed by atoms with Crippen LogP contribution in [-0.2, 0) is 9.53 Å². The summed E-state index contributed by atoms with van der Waals surface area (Å²) in [5.74, 6) is 0. The van der Waals surface area contributed by atoms with Crippen molar-refractivity contribution in [1.29, 1.82) is 0 Å². The summed E-state index contributed by atoms with van der Waals surface area (Å²) < 4.78 is 4.10. The van der Waals surface area contributed by atoms with Crippen LogP contribution in [-0.4, -0.2) is 13.1 Å². The van der Waals surface area contributed by atoms with Gasteiger partial charge in [-0.05, 0) is 6.08 Å². The number of hydrogen-bond donors (Lipinski definition) is 0. The van der Waals surface area contributed by atoms with Crippen molar-refractivity contribution in [2.45, 2.75) is 0 Å². The lowest BCUT2D eigenvalue weighted by molar-refractivity contribution is 0.314. The smallest absolute Gasteiger partial charge is 0.417 e. The highest BCUT2D eigenvalue weighted by atomic mass is 35.5. The summed E-state index contributed by atoms with van der Waals surface area (Å²) in [6.45, 7) is 1.44. The van der Waals surface area contributed by atoms with Crippen LogP contribution in [0.4, 0.5) is 0 Å². The molecule has 1 radical (unpaired) electrons. The van der Waals surface area contributed by atoms with Crippen LogP contribution in [0, 0.1) is 0 Å². The fraction of sp³-hybridized carbons (Fsp3) is 0.250. The number of ether oxygens (including phenoxy) is 1. The lowest BCUT2D eigenvalue weighted by Crippen LogP contribution is -1.83. The monoisotopic (exact) mass is 119 g/mol. The first-order chi connectivity index (χ1) is 3.41. The average Bonchev–Trinajstić information content (AvgIpc) is 1.69. The van der Waals surface area contributed by atoms with Gasteiger partial charge in [-0.3, -0.25) is 0 Å². The summed E-state index contributed by atoms with van der Waals surface area (Å²) in [6.07, 6.45) is 1.49. The van der Waals surface area contributed by atoms with Gasteiger partial charge in [0.15, 0.2) is 0 Å². The molecule has 0 fully saturated rings. The molecule has 0 amide bonds. The minimum atomic E-state index is 0.201. The first-order valence-electron chi connectivity index (χ1n) is 1.66. The van der Waals surface area contributed by atoms with Gasteiger partial charge in [-0.1, -0.05) is 11.6 Å². The Morgan fingerprint density at radius 3 is 3.00 bits per heavy atom. The molecule has 7 heavy (non-hydrogen) atoms. The highest BCUT2D eigenvalue weighted by Crippen LogP contribution is 1.76. The van der Waals surface area contributed by atoms with Crippen LogP contribution in [0.3, 0.4) is 0 Å². The van der Waals surface area contributed by atoms with Crippen molar-refractivity contribution >= 4 is 18.1 Å². The standard InChI is InChI=1S/C4H4ClO2/c5-2-1-3-7-4-6/h1-2H,3H2. The third-order valence-electron chi connectivity index (χ3n) is 0.328. The normalized spacial score (nSPS) is 9.29. The molecule has 0 bridgehead atoms. The maximum Gasteiger partial charge on any atom is 0.417 e. The number of halogens is 1. The SMILES string of the molecule is O=[C]OCC=CCl. The number of carbonyl (C=O) groups excluding carboxylic acids is 1. The third-order valence-corrected chi connectivity index (χ3v) is 0.506. The summed E-state index contributed by atoms with van der Waals surface area (Å²) >= 11 is 5.05. The highest BCUT2D eigenvalue weighted by Gasteiger charge is 1.71. The quantitative estimate of drug-likeness (QED) is 0.515. The predicted molar refractivity (Wildman–Crippen MR) is 26.6 cm³/mol. The molecule has 0 aromatic rings. The maximum atomic E-state index is 9.26. The van der Waals surface area contributed by atoms with Gasteiger partial charge in [0.05, 0.1) is 0 Å². The molecule has 0 aromatic heterocycles. The Morgan fingerprint density at radius 2 is 2.57 bits per heavy atom. The summed E-state index contributed by atoms with van der Waals surface area (Å²) in [7, 11) is 0. The Morgan fingerprint density at radius 1 is 1.86 bits per heavy atom. The molecular weight excluding hydrogens is 115 g/mol. The van der Waals surface area contributed by atoms with Crippen molar-refractivity contribution in [3.8, 4) is 0 Å². The molecule has 0 unspecified atom stereocenters. The second-order valence-electron chi connectivity index (χ2n) is 0.756. The largest absolute Gasteiger partial charge is 0.453 e. The van der Waals surface area contributed by atoms with E-state index in [-0.39, 0.29) is 6.61 Å². The van der Waals surface area contributed by atoms with E-state index in [2.05, 4.69) is 4.74 Å². The van der Waals surface area contributed by atoms with Crippen LogP contribution >= 0.6 is 11.6 Å². The molecule has 3 heteroatoms. The van der Waals surface area contributed by atoms with Gasteiger partial charge < -0.3 is 4.74 Å². The van der Waals surface area contributed by atoms with Crippen molar-refractivity contribution in [1.82, 2.24) is 0 Å². The molecule has 0 aliphatic carbocycles. The van der Waals surface area contributed by atoms with Crippen LogP contribution < -0.4 is 0 Å². The number of hydrogen-bond acceptors (Lipinski definition) is 2. The molecule has 0 saturated carbocycles. The average molecular weight is 120 g/mol. The van der Waals surface area contributed by atoms with E-state index in [1.165, 1.54) is 18.1 Å². The molecule has 2 nitrogen and oxygen atoms in total. The van der Waals surface area contributed by atoms with Gasteiger partial charge in [0.25, 0.3) is 0 Å².